The summed E-state index contributed by atoms with van der Waals surface area (Å²) in [5.74, 6) is 0.885. The van der Waals surface area contributed by atoms with Crippen LogP contribution >= 0.6 is 0 Å². The predicted molar refractivity (Wildman–Crippen MR) is 97.4 cm³/mol. The molecule has 9 heteroatoms. The van der Waals surface area contributed by atoms with Gasteiger partial charge in [-0.3, -0.25) is 10.2 Å². The van der Waals surface area contributed by atoms with E-state index in [1.165, 1.54) is 18.2 Å². The first-order chi connectivity index (χ1) is 13.0. The Morgan fingerprint density at radius 2 is 1.78 bits per heavy atom. The molecule has 2 aromatic carbocycles. The third-order valence-corrected chi connectivity index (χ3v) is 5.00. The number of hydrazine groups is 1. The second kappa shape index (κ2) is 8.28. The van der Waals surface area contributed by atoms with Crippen molar-refractivity contribution >= 4 is 15.9 Å². The van der Waals surface area contributed by atoms with Gasteiger partial charge in [0, 0.05) is 18.1 Å². The lowest BCUT2D eigenvalue weighted by Gasteiger charge is -2.11. The van der Waals surface area contributed by atoms with Gasteiger partial charge >= 0.3 is 0 Å². The fraction of sp³-hybridized carbons (Fsp3) is 0.278. The molecule has 0 aromatic heterocycles. The third-order valence-electron chi connectivity index (χ3n) is 3.76. The number of amides is 1. The molecule has 8 nitrogen and oxygen atoms in total. The molecule has 1 heterocycles. The molecule has 0 radical (unpaired) electrons. The topological polar surface area (TPSA) is 103 Å². The number of hydrogen-bond donors (Lipinski definition) is 2. The molecule has 0 saturated carbocycles. The number of carbonyl (C=O) groups excluding carboxylic acids is 1. The Balaban J connectivity index is 1.67. The molecule has 144 valence electrons. The van der Waals surface area contributed by atoms with E-state index >= 15 is 0 Å². The highest BCUT2D eigenvalue weighted by Crippen LogP contribution is 2.31. The van der Waals surface area contributed by atoms with Crippen molar-refractivity contribution in [3.05, 3.63) is 48.0 Å². The Hall–Kier alpha value is -2.78. The van der Waals surface area contributed by atoms with Gasteiger partial charge in [0.05, 0.1) is 24.7 Å². The van der Waals surface area contributed by atoms with Crippen molar-refractivity contribution in [2.45, 2.75) is 18.2 Å². The normalized spacial score (nSPS) is 13.5. The van der Waals surface area contributed by atoms with E-state index in [2.05, 4.69) is 10.3 Å². The van der Waals surface area contributed by atoms with Crippen LogP contribution in [-0.4, -0.2) is 34.1 Å². The van der Waals surface area contributed by atoms with E-state index in [0.29, 0.717) is 49.1 Å². The van der Waals surface area contributed by atoms with Crippen LogP contribution in [0.25, 0.3) is 0 Å². The summed E-state index contributed by atoms with van der Waals surface area (Å²) >= 11 is 0. The average Bonchev–Trinajstić information content (AvgIpc) is 2.92. The van der Waals surface area contributed by atoms with Crippen LogP contribution in [0.4, 0.5) is 0 Å². The van der Waals surface area contributed by atoms with Crippen molar-refractivity contribution in [3.8, 4) is 17.2 Å². The van der Waals surface area contributed by atoms with E-state index in [0.717, 1.165) is 0 Å². The Morgan fingerprint density at radius 1 is 1.07 bits per heavy atom. The summed E-state index contributed by atoms with van der Waals surface area (Å²) in [5.41, 5.74) is 2.48. The van der Waals surface area contributed by atoms with Crippen molar-refractivity contribution in [1.29, 1.82) is 0 Å². The molecule has 0 bridgehead atoms. The highest BCUT2D eigenvalue weighted by atomic mass is 32.2. The van der Waals surface area contributed by atoms with E-state index in [1.54, 1.807) is 24.3 Å². The summed E-state index contributed by atoms with van der Waals surface area (Å²) in [6.45, 7) is 3.32. The van der Waals surface area contributed by atoms with Crippen molar-refractivity contribution < 1.29 is 27.4 Å². The van der Waals surface area contributed by atoms with E-state index in [1.807, 2.05) is 6.92 Å². The molecule has 0 unspecified atom stereocenters. The molecule has 3 rings (SSSR count). The second-order valence-electron chi connectivity index (χ2n) is 5.68. The number of fused-ring (bicyclic) bond motifs is 1. The Kier molecular flexibility index (Phi) is 5.82. The molecule has 0 aliphatic carbocycles. The summed E-state index contributed by atoms with van der Waals surface area (Å²) in [6, 6.07) is 10.6. The molecule has 2 aromatic rings. The van der Waals surface area contributed by atoms with Crippen LogP contribution in [0.15, 0.2) is 47.4 Å². The largest absolute Gasteiger partial charge is 0.494 e. The van der Waals surface area contributed by atoms with Gasteiger partial charge in [-0.15, -0.1) is 4.83 Å². The van der Waals surface area contributed by atoms with Crippen LogP contribution in [-0.2, 0) is 10.0 Å². The third kappa shape index (κ3) is 4.69. The number of rotatable bonds is 6. The molecule has 0 spiro atoms. The van der Waals surface area contributed by atoms with Crippen LogP contribution in [0.3, 0.4) is 0 Å². The lowest BCUT2D eigenvalue weighted by molar-refractivity contribution is 0.0945. The first kappa shape index (κ1) is 19.0. The zero-order chi connectivity index (χ0) is 19.3. The minimum atomic E-state index is -3.97. The van der Waals surface area contributed by atoms with Crippen molar-refractivity contribution in [1.82, 2.24) is 10.3 Å². The molecule has 27 heavy (non-hydrogen) atoms. The van der Waals surface area contributed by atoms with Gasteiger partial charge in [-0.1, -0.05) is 0 Å². The van der Waals surface area contributed by atoms with Gasteiger partial charge in [0.1, 0.15) is 5.75 Å². The zero-order valence-corrected chi connectivity index (χ0v) is 15.5. The molecule has 1 amide bonds. The van der Waals surface area contributed by atoms with Gasteiger partial charge in [0.15, 0.2) is 11.5 Å². The van der Waals surface area contributed by atoms with Crippen LogP contribution in [0.2, 0.25) is 0 Å². The molecule has 0 fully saturated rings. The maximum atomic E-state index is 12.4. The fourth-order valence-electron chi connectivity index (χ4n) is 2.42. The van der Waals surface area contributed by atoms with E-state index in [9.17, 15) is 13.2 Å². The smallest absolute Gasteiger partial charge is 0.266 e. The van der Waals surface area contributed by atoms with E-state index < -0.39 is 15.9 Å². The minimum Gasteiger partial charge on any atom is -0.494 e. The monoisotopic (exact) mass is 392 g/mol. The Labute approximate surface area is 157 Å². The molecule has 1 aliphatic rings. The molecule has 1 aliphatic heterocycles. The number of ether oxygens (including phenoxy) is 3. The average molecular weight is 392 g/mol. The predicted octanol–water partition coefficient (Wildman–Crippen LogP) is 1.87. The maximum Gasteiger partial charge on any atom is 0.266 e. The standard InChI is InChI=1S/C18H20N2O6S/c1-2-24-14-6-4-13(5-7-14)18(21)19-20-27(22,23)15-8-9-16-17(12-15)26-11-3-10-25-16/h4-9,12,20H,2-3,10-11H2,1H3,(H,19,21). The van der Waals surface area contributed by atoms with Gasteiger partial charge in [0.25, 0.3) is 15.9 Å². The second-order valence-corrected chi connectivity index (χ2v) is 7.36. The Bertz CT molecular complexity index is 912. The van der Waals surface area contributed by atoms with Crippen molar-refractivity contribution in [3.63, 3.8) is 0 Å². The molecular formula is C18H20N2O6S. The SMILES string of the molecule is CCOc1ccc(C(=O)NNS(=O)(=O)c2ccc3c(c2)OCCCO3)cc1. The number of nitrogens with one attached hydrogen (secondary N) is 2. The fourth-order valence-corrected chi connectivity index (χ4v) is 3.28. The maximum absolute atomic E-state index is 12.4. The first-order valence-corrected chi connectivity index (χ1v) is 9.92. The molecule has 2 N–H and O–H groups in total. The Morgan fingerprint density at radius 3 is 2.48 bits per heavy atom. The quantitative estimate of drug-likeness (QED) is 0.728. The van der Waals surface area contributed by atoms with Crippen LogP contribution in [0.5, 0.6) is 17.2 Å². The van der Waals surface area contributed by atoms with Gasteiger partial charge in [-0.25, -0.2) is 8.42 Å². The van der Waals surface area contributed by atoms with E-state index in [-0.39, 0.29) is 4.90 Å². The number of carbonyl (C=O) groups is 1. The lowest BCUT2D eigenvalue weighted by atomic mass is 10.2. The molecular weight excluding hydrogens is 372 g/mol. The van der Waals surface area contributed by atoms with Gasteiger partial charge in [-0.05, 0) is 43.3 Å². The highest BCUT2D eigenvalue weighted by Gasteiger charge is 2.19. The number of benzene rings is 2. The zero-order valence-electron chi connectivity index (χ0n) is 14.7. The molecule has 0 atom stereocenters. The summed E-state index contributed by atoms with van der Waals surface area (Å²) < 4.78 is 41.1. The van der Waals surface area contributed by atoms with Gasteiger partial charge in [0.2, 0.25) is 0 Å². The lowest BCUT2D eigenvalue weighted by Crippen LogP contribution is -2.41. The van der Waals surface area contributed by atoms with Crippen LogP contribution in [0.1, 0.15) is 23.7 Å². The van der Waals surface area contributed by atoms with Crippen molar-refractivity contribution in [2.24, 2.45) is 0 Å². The minimum absolute atomic E-state index is 0.0428. The van der Waals surface area contributed by atoms with Crippen LogP contribution < -0.4 is 24.5 Å². The summed E-state index contributed by atoms with van der Waals surface area (Å²) in [5, 5.41) is 0. The van der Waals surface area contributed by atoms with Crippen molar-refractivity contribution in [2.75, 3.05) is 19.8 Å². The summed E-state index contributed by atoms with van der Waals surface area (Å²) in [4.78, 5) is 14.2. The highest BCUT2D eigenvalue weighted by molar-refractivity contribution is 7.89. The first-order valence-electron chi connectivity index (χ1n) is 8.44. The van der Waals surface area contributed by atoms with Gasteiger partial charge < -0.3 is 14.2 Å². The number of hydrogen-bond acceptors (Lipinski definition) is 6. The molecule has 0 saturated heterocycles. The van der Waals surface area contributed by atoms with E-state index in [4.69, 9.17) is 14.2 Å². The summed E-state index contributed by atoms with van der Waals surface area (Å²) in [7, 11) is -3.97. The summed E-state index contributed by atoms with van der Waals surface area (Å²) in [6.07, 6.45) is 0.715. The number of sulfonamides is 1. The van der Waals surface area contributed by atoms with Crippen LogP contribution in [0, 0.1) is 0 Å². The van der Waals surface area contributed by atoms with Gasteiger partial charge in [-0.2, -0.15) is 0 Å².